The van der Waals surface area contributed by atoms with Gasteiger partial charge in [0.05, 0.1) is 6.61 Å². The van der Waals surface area contributed by atoms with Gasteiger partial charge >= 0.3 is 0 Å². The molecular weight excluding hydrogens is 230 g/mol. The number of ether oxygens (including phenoxy) is 1. The Balaban J connectivity index is 1.93. The number of benzene rings is 1. The summed E-state index contributed by atoms with van der Waals surface area (Å²) in [5.74, 6) is 2.41. The molecular formula is C13H15N3O2. The predicted octanol–water partition coefficient (Wildman–Crippen LogP) is 2.59. The highest BCUT2D eigenvalue weighted by molar-refractivity contribution is 5.63. The summed E-state index contributed by atoms with van der Waals surface area (Å²) >= 11 is 0. The van der Waals surface area contributed by atoms with E-state index in [2.05, 4.69) is 10.2 Å². The summed E-state index contributed by atoms with van der Waals surface area (Å²) in [7, 11) is 0. The maximum absolute atomic E-state index is 5.84. The van der Waals surface area contributed by atoms with Gasteiger partial charge in [-0.05, 0) is 31.9 Å². The van der Waals surface area contributed by atoms with Crippen molar-refractivity contribution in [2.75, 3.05) is 12.3 Å². The molecule has 1 aromatic heterocycles. The molecule has 94 valence electrons. The molecule has 0 amide bonds. The Morgan fingerprint density at radius 3 is 2.89 bits per heavy atom. The summed E-state index contributed by atoms with van der Waals surface area (Å²) < 4.78 is 11.1. The molecule has 0 bridgehead atoms. The molecule has 2 aromatic rings. The molecule has 0 unspecified atom stereocenters. The average molecular weight is 245 g/mol. The first-order valence-corrected chi connectivity index (χ1v) is 6.13. The minimum atomic E-state index is 0.457. The van der Waals surface area contributed by atoms with Crippen molar-refractivity contribution in [3.8, 4) is 17.2 Å². The lowest BCUT2D eigenvalue weighted by molar-refractivity contribution is 0.340. The molecule has 1 fully saturated rings. The first-order valence-electron chi connectivity index (χ1n) is 6.13. The van der Waals surface area contributed by atoms with E-state index < -0.39 is 0 Å². The van der Waals surface area contributed by atoms with Crippen molar-refractivity contribution in [2.45, 2.75) is 25.7 Å². The number of rotatable bonds is 4. The van der Waals surface area contributed by atoms with Crippen molar-refractivity contribution in [1.29, 1.82) is 0 Å². The molecule has 0 saturated heterocycles. The molecule has 5 nitrogen and oxygen atoms in total. The Kier molecular flexibility index (Phi) is 2.66. The minimum Gasteiger partial charge on any atom is -0.494 e. The Hall–Kier alpha value is -2.04. The molecule has 5 heteroatoms. The van der Waals surface area contributed by atoms with Crippen molar-refractivity contribution in [2.24, 2.45) is 0 Å². The summed E-state index contributed by atoms with van der Waals surface area (Å²) in [5, 5.41) is 8.12. The summed E-state index contributed by atoms with van der Waals surface area (Å²) in [5.41, 5.74) is 7.27. The number of nitrogen functional groups attached to an aromatic ring is 1. The van der Waals surface area contributed by atoms with Gasteiger partial charge in [-0.25, -0.2) is 0 Å². The zero-order chi connectivity index (χ0) is 12.5. The SMILES string of the molecule is CCOc1cc(N)cc(-c2nnc(C3CC3)o2)c1. The van der Waals surface area contributed by atoms with Crippen LogP contribution in [0, 0.1) is 0 Å². The largest absolute Gasteiger partial charge is 0.494 e. The van der Waals surface area contributed by atoms with E-state index in [9.17, 15) is 0 Å². The van der Waals surface area contributed by atoms with E-state index in [4.69, 9.17) is 14.9 Å². The first kappa shape index (κ1) is 11.1. The van der Waals surface area contributed by atoms with Crippen LogP contribution in [0.5, 0.6) is 5.75 Å². The topological polar surface area (TPSA) is 74.2 Å². The molecule has 0 aliphatic heterocycles. The monoisotopic (exact) mass is 245 g/mol. The van der Waals surface area contributed by atoms with Crippen LogP contribution >= 0.6 is 0 Å². The second kappa shape index (κ2) is 4.33. The first-order chi connectivity index (χ1) is 8.76. The van der Waals surface area contributed by atoms with Gasteiger partial charge in [0, 0.05) is 23.2 Å². The van der Waals surface area contributed by atoms with E-state index in [1.807, 2.05) is 19.1 Å². The third kappa shape index (κ3) is 2.16. The van der Waals surface area contributed by atoms with Crippen LogP contribution in [-0.4, -0.2) is 16.8 Å². The standard InChI is InChI=1S/C13H15N3O2/c1-2-17-11-6-9(5-10(14)7-11)13-16-15-12(18-13)8-3-4-8/h5-8H,2-4,14H2,1H3. The van der Waals surface area contributed by atoms with Crippen molar-refractivity contribution in [3.05, 3.63) is 24.1 Å². The number of aromatic nitrogens is 2. The highest BCUT2D eigenvalue weighted by atomic mass is 16.5. The highest BCUT2D eigenvalue weighted by Crippen LogP contribution is 2.40. The van der Waals surface area contributed by atoms with Crippen LogP contribution in [0.2, 0.25) is 0 Å². The zero-order valence-electron chi connectivity index (χ0n) is 10.2. The second-order valence-corrected chi connectivity index (χ2v) is 4.44. The predicted molar refractivity (Wildman–Crippen MR) is 67.3 cm³/mol. The summed E-state index contributed by atoms with van der Waals surface area (Å²) in [4.78, 5) is 0. The molecule has 0 spiro atoms. The molecule has 0 atom stereocenters. The fourth-order valence-corrected chi connectivity index (χ4v) is 1.84. The Morgan fingerprint density at radius 1 is 1.33 bits per heavy atom. The maximum atomic E-state index is 5.84. The lowest BCUT2D eigenvalue weighted by atomic mass is 10.2. The van der Waals surface area contributed by atoms with Crippen molar-refractivity contribution < 1.29 is 9.15 Å². The molecule has 1 aliphatic rings. The van der Waals surface area contributed by atoms with Crippen molar-refractivity contribution in [1.82, 2.24) is 10.2 Å². The van der Waals surface area contributed by atoms with Crippen LogP contribution in [0.15, 0.2) is 22.6 Å². The van der Waals surface area contributed by atoms with Crippen LogP contribution < -0.4 is 10.5 Å². The molecule has 3 rings (SSSR count). The third-order valence-corrected chi connectivity index (χ3v) is 2.85. The third-order valence-electron chi connectivity index (χ3n) is 2.85. The van der Waals surface area contributed by atoms with Gasteiger partial charge in [-0.3, -0.25) is 0 Å². The Morgan fingerprint density at radius 2 is 2.17 bits per heavy atom. The van der Waals surface area contributed by atoms with Crippen LogP contribution in [0.4, 0.5) is 5.69 Å². The quantitative estimate of drug-likeness (QED) is 0.838. The van der Waals surface area contributed by atoms with Gasteiger partial charge < -0.3 is 14.9 Å². The van der Waals surface area contributed by atoms with E-state index in [0.29, 0.717) is 24.1 Å². The van der Waals surface area contributed by atoms with E-state index in [1.54, 1.807) is 6.07 Å². The van der Waals surface area contributed by atoms with Crippen molar-refractivity contribution in [3.63, 3.8) is 0 Å². The smallest absolute Gasteiger partial charge is 0.247 e. The van der Waals surface area contributed by atoms with E-state index in [0.717, 1.165) is 30.0 Å². The van der Waals surface area contributed by atoms with Crippen molar-refractivity contribution >= 4 is 5.69 Å². The number of nitrogens with two attached hydrogens (primary N) is 1. The van der Waals surface area contributed by atoms with Gasteiger partial charge in [-0.15, -0.1) is 10.2 Å². The molecule has 0 radical (unpaired) electrons. The second-order valence-electron chi connectivity index (χ2n) is 4.44. The molecule has 1 heterocycles. The van der Waals surface area contributed by atoms with E-state index in [1.165, 1.54) is 0 Å². The molecule has 18 heavy (non-hydrogen) atoms. The van der Waals surface area contributed by atoms with Gasteiger partial charge in [0.25, 0.3) is 0 Å². The summed E-state index contributed by atoms with van der Waals surface area (Å²) in [6.07, 6.45) is 2.28. The fourth-order valence-electron chi connectivity index (χ4n) is 1.84. The average Bonchev–Trinajstić information content (AvgIpc) is 3.07. The minimum absolute atomic E-state index is 0.457. The molecule has 2 N–H and O–H groups in total. The Labute approximate surface area is 105 Å². The van der Waals surface area contributed by atoms with Crippen LogP contribution in [0.25, 0.3) is 11.5 Å². The van der Waals surface area contributed by atoms with Gasteiger partial charge in [0.2, 0.25) is 11.8 Å². The number of anilines is 1. The van der Waals surface area contributed by atoms with E-state index >= 15 is 0 Å². The Bertz CT molecular complexity index is 561. The molecule has 1 aromatic carbocycles. The number of nitrogens with zero attached hydrogens (tertiary/aromatic N) is 2. The molecule has 1 saturated carbocycles. The van der Waals surface area contributed by atoms with Crippen LogP contribution in [0.1, 0.15) is 31.6 Å². The molecule has 1 aliphatic carbocycles. The number of hydrogen-bond donors (Lipinski definition) is 1. The number of hydrogen-bond acceptors (Lipinski definition) is 5. The van der Waals surface area contributed by atoms with Gasteiger partial charge in [-0.2, -0.15) is 0 Å². The van der Waals surface area contributed by atoms with Gasteiger partial charge in [0.15, 0.2) is 0 Å². The summed E-state index contributed by atoms with van der Waals surface area (Å²) in [6, 6.07) is 5.46. The van der Waals surface area contributed by atoms with Crippen LogP contribution in [-0.2, 0) is 0 Å². The summed E-state index contributed by atoms with van der Waals surface area (Å²) in [6.45, 7) is 2.53. The normalized spacial score (nSPS) is 14.7. The maximum Gasteiger partial charge on any atom is 0.247 e. The zero-order valence-corrected chi connectivity index (χ0v) is 10.2. The lowest BCUT2D eigenvalue weighted by Gasteiger charge is -2.05. The van der Waals surface area contributed by atoms with Gasteiger partial charge in [-0.1, -0.05) is 0 Å². The fraction of sp³-hybridized carbons (Fsp3) is 0.385. The van der Waals surface area contributed by atoms with Crippen LogP contribution in [0.3, 0.4) is 0 Å². The lowest BCUT2D eigenvalue weighted by Crippen LogP contribution is -1.94. The van der Waals surface area contributed by atoms with E-state index in [-0.39, 0.29) is 0 Å². The van der Waals surface area contributed by atoms with Gasteiger partial charge in [0.1, 0.15) is 5.75 Å². The highest BCUT2D eigenvalue weighted by Gasteiger charge is 2.29.